The van der Waals surface area contributed by atoms with E-state index >= 15 is 0 Å². The fourth-order valence-electron chi connectivity index (χ4n) is 11.2. The van der Waals surface area contributed by atoms with Crippen LogP contribution in [0.4, 0.5) is 0 Å². The number of rotatable bonds is 20. The Balaban J connectivity index is 1.60. The van der Waals surface area contributed by atoms with Crippen molar-refractivity contribution >= 4 is 71.9 Å². The average molecular weight is 1200 g/mol. The van der Waals surface area contributed by atoms with Gasteiger partial charge >= 0.3 is 0 Å². The van der Waals surface area contributed by atoms with E-state index in [2.05, 4.69) is 53.2 Å². The van der Waals surface area contributed by atoms with Crippen LogP contribution >= 0.6 is 0 Å². The van der Waals surface area contributed by atoms with Crippen LogP contribution in [0.2, 0.25) is 0 Å². The van der Waals surface area contributed by atoms with E-state index in [0.29, 0.717) is 36.8 Å². The molecule has 86 heavy (non-hydrogen) atoms. The standard InChI is InChI=1S/C62H92N12O12/c1-37(2)31-45-55(79)69-47(33-41-19-11-9-12-20-41)61(85)73-29-17-25-49(73)57(81)72-52(40(7)8)60(84)66-44(24-16-28-64-36-76)54(78)68-46(32-38(3)4)56(80)70-48(34-42-21-13-10-14-22-42)62(86)74-30-18-26-50(74)58(82)71-51(39(5)6)59(83)65-43(53(77)67-45)23-15-27-63-35-75/h9-14,19-22,35-40,43-52H,15-18,23-34H2,1-8H3,(H,63,75)(H,64,76)(H,65,83)(H,66,84)(H,67,77)(H,68,78)(H,69,79)(H,70,80)(H,71,82)(H,72,81)/t43-,44-,45-,46-,47+,48+,49-,50-,51-,52-/m0/s1. The Hall–Kier alpha value is -7.92. The highest BCUT2D eigenvalue weighted by Gasteiger charge is 2.43. The molecule has 0 saturated carbocycles. The van der Waals surface area contributed by atoms with Crippen LogP contribution in [0.5, 0.6) is 0 Å². The number of benzene rings is 2. The Labute approximate surface area is 505 Å². The van der Waals surface area contributed by atoms with Crippen LogP contribution in [0, 0.1) is 23.7 Å². The molecule has 2 aromatic rings. The van der Waals surface area contributed by atoms with Gasteiger partial charge in [0.15, 0.2) is 0 Å². The van der Waals surface area contributed by atoms with Crippen LogP contribution in [-0.4, -0.2) is 168 Å². The van der Waals surface area contributed by atoms with Crippen molar-refractivity contribution in [2.45, 2.75) is 193 Å². The number of carbonyl (C=O) groups excluding carboxylic acids is 12. The molecule has 3 fully saturated rings. The Morgan fingerprint density at radius 3 is 1.08 bits per heavy atom. The lowest BCUT2D eigenvalue weighted by atomic mass is 9.98. The lowest BCUT2D eigenvalue weighted by Crippen LogP contribution is -2.62. The number of amides is 12. The molecule has 3 saturated heterocycles. The lowest BCUT2D eigenvalue weighted by Gasteiger charge is -2.33. The molecule has 2 aromatic carbocycles. The van der Waals surface area contributed by atoms with Gasteiger partial charge in [-0.1, -0.05) is 116 Å². The van der Waals surface area contributed by atoms with Crippen molar-refractivity contribution in [1.82, 2.24) is 63.0 Å². The third-order valence-electron chi connectivity index (χ3n) is 15.7. The van der Waals surface area contributed by atoms with E-state index in [1.165, 1.54) is 9.80 Å². The molecule has 5 rings (SSSR count). The molecule has 3 aliphatic heterocycles. The van der Waals surface area contributed by atoms with Gasteiger partial charge in [-0.05, 0) is 99.0 Å². The zero-order valence-electron chi connectivity index (χ0n) is 51.1. The van der Waals surface area contributed by atoms with E-state index in [1.807, 2.05) is 27.7 Å². The minimum absolute atomic E-state index is 0.00704. The van der Waals surface area contributed by atoms with Gasteiger partial charge in [-0.3, -0.25) is 57.5 Å². The SMILES string of the molecule is CC(C)C[C@@H]1NC(=O)[C@H](CCCNC=O)NC(=O)[C@H](C(C)C)NC(=O)[C@@H]2CCCN2C(=O)[C@@H](Cc2ccccc2)NC(=O)[C@H](CC(C)C)NC(=O)[C@H](CCCNC=O)NC(=O)[C@H](C(C)C)NC(=O)[C@@H]2CCCN2C(=O)[C@@H](Cc2ccccc2)NC1=O. The van der Waals surface area contributed by atoms with Crippen LogP contribution in [-0.2, 0) is 70.4 Å². The first kappa shape index (κ1) is 68.9. The van der Waals surface area contributed by atoms with Crippen LogP contribution in [0.3, 0.4) is 0 Å². The number of carbonyl (C=O) groups is 12. The molecule has 0 aliphatic carbocycles. The summed E-state index contributed by atoms with van der Waals surface area (Å²) in [6.07, 6.45) is 2.80. The number of hydrogen-bond acceptors (Lipinski definition) is 12. The maximum atomic E-state index is 15.0. The highest BCUT2D eigenvalue weighted by atomic mass is 16.2. The summed E-state index contributed by atoms with van der Waals surface area (Å²) in [6.45, 7) is 14.7. The third-order valence-corrected chi connectivity index (χ3v) is 15.7. The zero-order chi connectivity index (χ0) is 63.0. The van der Waals surface area contributed by atoms with Crippen molar-refractivity contribution in [3.8, 4) is 0 Å². The van der Waals surface area contributed by atoms with Crippen molar-refractivity contribution in [3.63, 3.8) is 0 Å². The van der Waals surface area contributed by atoms with Crippen molar-refractivity contribution < 1.29 is 57.5 Å². The fourth-order valence-corrected chi connectivity index (χ4v) is 11.2. The fraction of sp³-hybridized carbons (Fsp3) is 0.613. The minimum atomic E-state index is -1.30. The van der Waals surface area contributed by atoms with Crippen LogP contribution in [0.25, 0.3) is 0 Å². The van der Waals surface area contributed by atoms with Gasteiger partial charge in [0, 0.05) is 39.0 Å². The van der Waals surface area contributed by atoms with Gasteiger partial charge in [-0.15, -0.1) is 0 Å². The third kappa shape index (κ3) is 20.7. The van der Waals surface area contributed by atoms with Gasteiger partial charge in [0.05, 0.1) is 0 Å². The maximum Gasteiger partial charge on any atom is 0.246 e. The number of fused-ring (bicyclic) bond motifs is 2. The summed E-state index contributed by atoms with van der Waals surface area (Å²) >= 11 is 0. The van der Waals surface area contributed by atoms with Gasteiger partial charge in [0.1, 0.15) is 60.4 Å². The van der Waals surface area contributed by atoms with Gasteiger partial charge in [0.25, 0.3) is 0 Å². The second-order valence-electron chi connectivity index (χ2n) is 24.3. The number of hydrogen-bond donors (Lipinski definition) is 10. The average Bonchev–Trinajstić information content (AvgIpc) is 4.31. The second kappa shape index (κ2) is 34.3. The van der Waals surface area contributed by atoms with Gasteiger partial charge < -0.3 is 63.0 Å². The molecule has 0 bridgehead atoms. The molecule has 472 valence electrons. The first-order chi connectivity index (χ1) is 41.0. The molecule has 0 aromatic heterocycles. The van der Waals surface area contributed by atoms with Crippen LogP contribution in [0.15, 0.2) is 60.7 Å². The molecule has 3 aliphatic rings. The van der Waals surface area contributed by atoms with E-state index in [9.17, 15) is 57.5 Å². The maximum absolute atomic E-state index is 15.0. The summed E-state index contributed by atoms with van der Waals surface area (Å²) in [6, 6.07) is 5.55. The Bertz CT molecular complexity index is 2460. The van der Waals surface area contributed by atoms with E-state index in [1.54, 1.807) is 88.4 Å². The topological polar surface area (TPSA) is 332 Å². The first-order valence-electron chi connectivity index (χ1n) is 30.5. The molecular formula is C62H92N12O12. The Morgan fingerprint density at radius 1 is 0.430 bits per heavy atom. The Morgan fingerprint density at radius 2 is 0.756 bits per heavy atom. The Kier molecular flexibility index (Phi) is 27.4. The smallest absolute Gasteiger partial charge is 0.246 e. The monoisotopic (exact) mass is 1200 g/mol. The summed E-state index contributed by atoms with van der Waals surface area (Å²) in [5.74, 6) is -8.37. The van der Waals surface area contributed by atoms with Crippen molar-refractivity contribution in [3.05, 3.63) is 71.8 Å². The van der Waals surface area contributed by atoms with E-state index in [0.717, 1.165) is 0 Å². The van der Waals surface area contributed by atoms with Gasteiger partial charge in [-0.25, -0.2) is 0 Å². The largest absolute Gasteiger partial charge is 0.359 e. The molecule has 10 N–H and O–H groups in total. The molecule has 12 amide bonds. The summed E-state index contributed by atoms with van der Waals surface area (Å²) in [5, 5.41) is 27.8. The second-order valence-corrected chi connectivity index (χ2v) is 24.3. The molecule has 24 nitrogen and oxygen atoms in total. The minimum Gasteiger partial charge on any atom is -0.359 e. The highest BCUT2D eigenvalue weighted by molar-refractivity contribution is 6.00. The molecular weight excluding hydrogens is 1100 g/mol. The van der Waals surface area contributed by atoms with E-state index in [-0.39, 0.29) is 102 Å². The number of nitrogens with one attached hydrogen (secondary N) is 10. The summed E-state index contributed by atoms with van der Waals surface area (Å²) in [5.41, 5.74) is 1.36. The summed E-state index contributed by atoms with van der Waals surface area (Å²) in [4.78, 5) is 172. The number of nitrogens with zero attached hydrogens (tertiary/aromatic N) is 2. The van der Waals surface area contributed by atoms with Crippen molar-refractivity contribution in [2.24, 2.45) is 23.7 Å². The predicted octanol–water partition coefficient (Wildman–Crippen LogP) is 0.802. The van der Waals surface area contributed by atoms with Crippen LogP contribution < -0.4 is 53.2 Å². The van der Waals surface area contributed by atoms with E-state index < -0.39 is 131 Å². The first-order valence-corrected chi connectivity index (χ1v) is 30.5. The molecule has 0 radical (unpaired) electrons. The van der Waals surface area contributed by atoms with Gasteiger partial charge in [-0.2, -0.15) is 0 Å². The molecule has 0 unspecified atom stereocenters. The summed E-state index contributed by atoms with van der Waals surface area (Å²) < 4.78 is 0. The van der Waals surface area contributed by atoms with Crippen molar-refractivity contribution in [2.75, 3.05) is 26.2 Å². The zero-order valence-corrected chi connectivity index (χ0v) is 51.1. The molecule has 10 atom stereocenters. The molecule has 3 heterocycles. The van der Waals surface area contributed by atoms with Crippen molar-refractivity contribution in [1.29, 1.82) is 0 Å². The normalized spacial score (nSPS) is 25.7. The van der Waals surface area contributed by atoms with Gasteiger partial charge in [0.2, 0.25) is 71.9 Å². The highest BCUT2D eigenvalue weighted by Crippen LogP contribution is 2.24. The molecule has 24 heteroatoms. The van der Waals surface area contributed by atoms with E-state index in [4.69, 9.17) is 0 Å². The van der Waals surface area contributed by atoms with Crippen LogP contribution in [0.1, 0.15) is 131 Å². The lowest BCUT2D eigenvalue weighted by molar-refractivity contribution is -0.143. The summed E-state index contributed by atoms with van der Waals surface area (Å²) in [7, 11) is 0. The molecule has 0 spiro atoms. The quantitative estimate of drug-likeness (QED) is 0.0651. The predicted molar refractivity (Wildman–Crippen MR) is 320 cm³/mol.